The highest BCUT2D eigenvalue weighted by molar-refractivity contribution is 7.10. The van der Waals surface area contributed by atoms with E-state index in [1.165, 1.54) is 17.7 Å². The molecule has 4 aromatic rings. The van der Waals surface area contributed by atoms with Crippen LogP contribution in [0.15, 0.2) is 60.9 Å². The summed E-state index contributed by atoms with van der Waals surface area (Å²) in [6.45, 7) is 4.10. The van der Waals surface area contributed by atoms with E-state index < -0.39 is 0 Å². The molecule has 9 heteroatoms. The fourth-order valence-electron chi connectivity index (χ4n) is 3.07. The van der Waals surface area contributed by atoms with Gasteiger partial charge in [-0.05, 0) is 55.2 Å². The van der Waals surface area contributed by atoms with Crippen LogP contribution in [0.4, 0.5) is 10.8 Å². The molecule has 2 heterocycles. The van der Waals surface area contributed by atoms with Crippen molar-refractivity contribution in [3.8, 4) is 0 Å². The largest absolute Gasteiger partial charge is 0.350 e. The van der Waals surface area contributed by atoms with Crippen LogP contribution < -0.4 is 16.0 Å². The first-order chi connectivity index (χ1) is 15.5. The summed E-state index contributed by atoms with van der Waals surface area (Å²) in [5.41, 5.74) is 3.35. The van der Waals surface area contributed by atoms with Gasteiger partial charge >= 0.3 is 0 Å². The van der Waals surface area contributed by atoms with E-state index in [1.807, 2.05) is 44.2 Å². The number of carbonyl (C=O) groups excluding carboxylic acids is 2. The van der Waals surface area contributed by atoms with Gasteiger partial charge in [-0.1, -0.05) is 24.3 Å². The van der Waals surface area contributed by atoms with Crippen molar-refractivity contribution < 1.29 is 9.59 Å². The molecule has 8 nitrogen and oxygen atoms in total. The number of nitrogens with zero attached hydrogens (tertiary/aromatic N) is 3. The Morgan fingerprint density at radius 3 is 2.62 bits per heavy atom. The van der Waals surface area contributed by atoms with Crippen molar-refractivity contribution in [3.63, 3.8) is 0 Å². The van der Waals surface area contributed by atoms with Crippen LogP contribution in [0.25, 0.3) is 11.0 Å². The molecule has 0 spiro atoms. The van der Waals surface area contributed by atoms with Gasteiger partial charge in [-0.25, -0.2) is 4.98 Å². The molecule has 0 aliphatic heterocycles. The van der Waals surface area contributed by atoms with E-state index in [9.17, 15) is 9.59 Å². The number of fused-ring (bicyclic) bond motifs is 1. The molecule has 0 saturated carbocycles. The molecule has 0 atom stereocenters. The Hall–Kier alpha value is -3.85. The van der Waals surface area contributed by atoms with Crippen molar-refractivity contribution in [2.75, 3.05) is 5.32 Å². The van der Waals surface area contributed by atoms with Gasteiger partial charge < -0.3 is 16.0 Å². The van der Waals surface area contributed by atoms with Gasteiger partial charge in [0.05, 0.1) is 29.0 Å². The molecule has 0 fully saturated rings. The molecule has 2 aromatic heterocycles. The van der Waals surface area contributed by atoms with Crippen molar-refractivity contribution >= 4 is 45.2 Å². The SMILES string of the molecule is CC(C)NC(=O)c1cccc(CNC(=O)c2cnsc2Nc2cnc3ccccc3n2)c1. The highest BCUT2D eigenvalue weighted by Gasteiger charge is 2.15. The average Bonchev–Trinajstić information content (AvgIpc) is 3.25. The third-order valence-corrected chi connectivity index (χ3v) is 5.28. The molecule has 0 aliphatic rings. The Bertz CT molecular complexity index is 1270. The Kier molecular flexibility index (Phi) is 6.37. The predicted octanol–water partition coefficient (Wildman–Crippen LogP) is 3.90. The quantitative estimate of drug-likeness (QED) is 0.397. The minimum absolute atomic E-state index is 0.0511. The molecular formula is C23H22N6O2S. The van der Waals surface area contributed by atoms with Crippen molar-refractivity contribution in [2.24, 2.45) is 0 Å². The number of para-hydroxylation sites is 2. The van der Waals surface area contributed by atoms with E-state index in [1.54, 1.807) is 24.4 Å². The van der Waals surface area contributed by atoms with Gasteiger partial charge in [0.1, 0.15) is 10.8 Å². The number of hydrogen-bond donors (Lipinski definition) is 3. The van der Waals surface area contributed by atoms with Gasteiger partial charge in [0, 0.05) is 18.2 Å². The average molecular weight is 447 g/mol. The fraction of sp³-hybridized carbons (Fsp3) is 0.174. The maximum atomic E-state index is 12.8. The van der Waals surface area contributed by atoms with Gasteiger partial charge in [-0.3, -0.25) is 14.6 Å². The van der Waals surface area contributed by atoms with Crippen LogP contribution in [0.2, 0.25) is 0 Å². The molecule has 0 saturated heterocycles. The molecule has 4 rings (SSSR count). The van der Waals surface area contributed by atoms with Crippen LogP contribution >= 0.6 is 11.5 Å². The molecular weight excluding hydrogens is 424 g/mol. The van der Waals surface area contributed by atoms with Gasteiger partial charge in [0.25, 0.3) is 11.8 Å². The lowest BCUT2D eigenvalue weighted by molar-refractivity contribution is 0.0940. The summed E-state index contributed by atoms with van der Waals surface area (Å²) >= 11 is 1.17. The van der Waals surface area contributed by atoms with Crippen LogP contribution in [0.3, 0.4) is 0 Å². The lowest BCUT2D eigenvalue weighted by Crippen LogP contribution is -2.30. The van der Waals surface area contributed by atoms with E-state index in [0.29, 0.717) is 21.9 Å². The summed E-state index contributed by atoms with van der Waals surface area (Å²) in [4.78, 5) is 33.9. The van der Waals surface area contributed by atoms with Crippen molar-refractivity contribution in [1.82, 2.24) is 25.0 Å². The first-order valence-corrected chi connectivity index (χ1v) is 10.9. The third kappa shape index (κ3) is 5.06. The smallest absolute Gasteiger partial charge is 0.256 e. The standard InChI is InChI=1S/C23H22N6O2S/c1-14(2)27-21(30)16-7-5-6-15(10-16)11-25-22(31)17-12-26-32-23(17)29-20-13-24-18-8-3-4-9-19(18)28-20/h3-10,12-14H,11H2,1-2H3,(H,25,31)(H,27,30)(H,28,29). The Morgan fingerprint density at radius 1 is 1.00 bits per heavy atom. The zero-order chi connectivity index (χ0) is 22.5. The molecule has 3 N–H and O–H groups in total. The molecule has 0 radical (unpaired) electrons. The van der Waals surface area contributed by atoms with Crippen LogP contribution in [0.5, 0.6) is 0 Å². The Balaban J connectivity index is 1.43. The second kappa shape index (κ2) is 9.52. The number of amides is 2. The van der Waals surface area contributed by atoms with Gasteiger partial charge in [0.2, 0.25) is 0 Å². The summed E-state index contributed by atoms with van der Waals surface area (Å²) in [6, 6.07) is 14.8. The summed E-state index contributed by atoms with van der Waals surface area (Å²) in [7, 11) is 0. The minimum Gasteiger partial charge on any atom is -0.350 e. The number of carbonyl (C=O) groups is 2. The maximum Gasteiger partial charge on any atom is 0.256 e. The van der Waals surface area contributed by atoms with Crippen molar-refractivity contribution in [1.29, 1.82) is 0 Å². The Labute approximate surface area is 189 Å². The van der Waals surface area contributed by atoms with E-state index in [2.05, 4.69) is 30.3 Å². The van der Waals surface area contributed by atoms with Gasteiger partial charge in [-0.2, -0.15) is 4.37 Å². The Morgan fingerprint density at radius 2 is 1.81 bits per heavy atom. The van der Waals surface area contributed by atoms with Crippen LogP contribution in [0, 0.1) is 0 Å². The molecule has 0 bridgehead atoms. The van der Waals surface area contributed by atoms with Crippen LogP contribution in [-0.2, 0) is 6.54 Å². The second-order valence-electron chi connectivity index (χ2n) is 7.45. The molecule has 0 aliphatic carbocycles. The van der Waals surface area contributed by atoms with Crippen molar-refractivity contribution in [3.05, 3.63) is 77.6 Å². The zero-order valence-electron chi connectivity index (χ0n) is 17.6. The topological polar surface area (TPSA) is 109 Å². The number of anilines is 2. The predicted molar refractivity (Wildman–Crippen MR) is 125 cm³/mol. The highest BCUT2D eigenvalue weighted by atomic mass is 32.1. The fourth-order valence-corrected chi connectivity index (χ4v) is 3.73. The highest BCUT2D eigenvalue weighted by Crippen LogP contribution is 2.24. The second-order valence-corrected chi connectivity index (χ2v) is 8.25. The maximum absolute atomic E-state index is 12.8. The summed E-state index contributed by atoms with van der Waals surface area (Å²) in [6.07, 6.45) is 3.14. The lowest BCUT2D eigenvalue weighted by atomic mass is 10.1. The molecule has 2 amide bonds. The molecule has 32 heavy (non-hydrogen) atoms. The van der Waals surface area contributed by atoms with Gasteiger partial charge in [-0.15, -0.1) is 0 Å². The molecule has 2 aromatic carbocycles. The zero-order valence-corrected chi connectivity index (χ0v) is 18.4. The van der Waals surface area contributed by atoms with E-state index in [-0.39, 0.29) is 24.4 Å². The lowest BCUT2D eigenvalue weighted by Gasteiger charge is -2.10. The normalized spacial score (nSPS) is 10.8. The number of rotatable bonds is 7. The van der Waals surface area contributed by atoms with Crippen LogP contribution in [0.1, 0.15) is 40.1 Å². The third-order valence-electron chi connectivity index (χ3n) is 4.57. The first-order valence-electron chi connectivity index (χ1n) is 10.1. The number of aromatic nitrogens is 3. The summed E-state index contributed by atoms with van der Waals surface area (Å²) in [5.74, 6) is 0.121. The van der Waals surface area contributed by atoms with E-state index >= 15 is 0 Å². The molecule has 162 valence electrons. The van der Waals surface area contributed by atoms with Gasteiger partial charge in [0.15, 0.2) is 0 Å². The number of hydrogen-bond acceptors (Lipinski definition) is 7. The van der Waals surface area contributed by atoms with E-state index in [4.69, 9.17) is 0 Å². The number of benzene rings is 2. The summed E-state index contributed by atoms with van der Waals surface area (Å²) < 4.78 is 4.14. The molecule has 0 unspecified atom stereocenters. The monoisotopic (exact) mass is 446 g/mol. The van der Waals surface area contributed by atoms with Crippen molar-refractivity contribution in [2.45, 2.75) is 26.4 Å². The number of nitrogens with one attached hydrogen (secondary N) is 3. The van der Waals surface area contributed by atoms with Crippen LogP contribution in [-0.4, -0.2) is 32.2 Å². The van der Waals surface area contributed by atoms with E-state index in [0.717, 1.165) is 16.6 Å². The first kappa shape index (κ1) is 21.4. The summed E-state index contributed by atoms with van der Waals surface area (Å²) in [5, 5.41) is 9.46. The minimum atomic E-state index is -0.271.